The highest BCUT2D eigenvalue weighted by molar-refractivity contribution is 5.95. The molecule has 0 aliphatic carbocycles. The number of rotatable bonds is 4. The molecule has 7 heteroatoms. The normalized spacial score (nSPS) is 13.9. The maximum absolute atomic E-state index is 13.0. The van der Waals surface area contributed by atoms with Crippen LogP contribution in [0.1, 0.15) is 22.3 Å². The lowest BCUT2D eigenvalue weighted by atomic mass is 9.99. The summed E-state index contributed by atoms with van der Waals surface area (Å²) in [4.78, 5) is 24.4. The second-order valence-corrected chi connectivity index (χ2v) is 5.88. The molecule has 6 nitrogen and oxygen atoms in total. The van der Waals surface area contributed by atoms with Gasteiger partial charge in [0.05, 0.1) is 12.0 Å². The van der Waals surface area contributed by atoms with E-state index in [1.54, 1.807) is 18.2 Å². The van der Waals surface area contributed by atoms with Gasteiger partial charge in [-0.3, -0.25) is 10.1 Å². The second-order valence-electron chi connectivity index (χ2n) is 5.88. The Morgan fingerprint density at radius 1 is 1.23 bits per heavy atom. The molecule has 1 aliphatic rings. The smallest absolute Gasteiger partial charge is 0.344 e. The largest absolute Gasteiger partial charge is 0.465 e. The fourth-order valence-electron chi connectivity index (χ4n) is 2.98. The van der Waals surface area contributed by atoms with Gasteiger partial charge in [0.2, 0.25) is 0 Å². The highest BCUT2D eigenvalue weighted by atomic mass is 19.1. The zero-order valence-corrected chi connectivity index (χ0v) is 14.1. The van der Waals surface area contributed by atoms with Crippen LogP contribution in [0, 0.1) is 15.9 Å². The number of carbonyl (C=O) groups excluding carboxylic acids is 1. The van der Waals surface area contributed by atoms with E-state index in [1.807, 2.05) is 11.0 Å². The molecular formula is C19H17FN2O4. The van der Waals surface area contributed by atoms with Gasteiger partial charge in [-0.15, -0.1) is 0 Å². The fourth-order valence-corrected chi connectivity index (χ4v) is 2.98. The number of nitro groups is 1. The predicted octanol–water partition coefficient (Wildman–Crippen LogP) is 3.81. The Balaban J connectivity index is 1.83. The molecule has 1 heterocycles. The van der Waals surface area contributed by atoms with Crippen LogP contribution < -0.4 is 4.90 Å². The minimum Gasteiger partial charge on any atom is -0.465 e. The molecule has 0 saturated heterocycles. The van der Waals surface area contributed by atoms with Crippen LogP contribution in [0.4, 0.5) is 15.8 Å². The average Bonchev–Trinajstić information content (AvgIpc) is 2.67. The van der Waals surface area contributed by atoms with E-state index in [1.165, 1.54) is 31.4 Å². The van der Waals surface area contributed by atoms with Crippen LogP contribution in [0.25, 0.3) is 5.57 Å². The molecule has 0 fully saturated rings. The van der Waals surface area contributed by atoms with Gasteiger partial charge in [0, 0.05) is 24.8 Å². The Kier molecular flexibility index (Phi) is 4.97. The number of benzene rings is 2. The van der Waals surface area contributed by atoms with E-state index in [4.69, 9.17) is 0 Å². The van der Waals surface area contributed by atoms with Crippen molar-refractivity contribution in [1.29, 1.82) is 0 Å². The Bertz CT molecular complexity index is 878. The van der Waals surface area contributed by atoms with Gasteiger partial charge in [-0.05, 0) is 41.8 Å². The van der Waals surface area contributed by atoms with E-state index in [0.29, 0.717) is 18.8 Å². The maximum atomic E-state index is 13.0. The zero-order chi connectivity index (χ0) is 18.7. The molecule has 1 aliphatic heterocycles. The number of nitro benzene ring substituents is 1. The average molecular weight is 356 g/mol. The van der Waals surface area contributed by atoms with Gasteiger partial charge < -0.3 is 9.64 Å². The number of carbonyl (C=O) groups is 1. The van der Waals surface area contributed by atoms with Crippen molar-refractivity contribution >= 4 is 22.9 Å². The summed E-state index contributed by atoms with van der Waals surface area (Å²) in [7, 11) is 1.19. The van der Waals surface area contributed by atoms with Gasteiger partial charge in [-0.25, -0.2) is 9.18 Å². The summed E-state index contributed by atoms with van der Waals surface area (Å²) in [6, 6.07) is 10.8. The Morgan fingerprint density at radius 2 is 1.96 bits per heavy atom. The van der Waals surface area contributed by atoms with E-state index in [2.05, 4.69) is 4.74 Å². The topological polar surface area (TPSA) is 72.7 Å². The number of halogens is 1. The molecule has 3 rings (SSSR count). The van der Waals surface area contributed by atoms with Crippen LogP contribution >= 0.6 is 0 Å². The Hall–Kier alpha value is -3.22. The van der Waals surface area contributed by atoms with Gasteiger partial charge in [0.1, 0.15) is 11.4 Å². The van der Waals surface area contributed by atoms with Crippen LogP contribution in [0.5, 0.6) is 0 Å². The summed E-state index contributed by atoms with van der Waals surface area (Å²) in [5.74, 6) is -1.01. The lowest BCUT2D eigenvalue weighted by molar-refractivity contribution is -0.385. The van der Waals surface area contributed by atoms with Crippen molar-refractivity contribution in [2.45, 2.75) is 6.42 Å². The Morgan fingerprint density at radius 3 is 2.54 bits per heavy atom. The summed E-state index contributed by atoms with van der Waals surface area (Å²) in [6.07, 6.45) is 2.78. The van der Waals surface area contributed by atoms with Gasteiger partial charge >= 0.3 is 5.97 Å². The quantitative estimate of drug-likeness (QED) is 0.473. The number of esters is 1. The van der Waals surface area contributed by atoms with Gasteiger partial charge in [0.15, 0.2) is 0 Å². The summed E-state index contributed by atoms with van der Waals surface area (Å²) in [5, 5.41) is 11.1. The number of ether oxygens (including phenoxy) is 1. The predicted molar refractivity (Wildman–Crippen MR) is 95.6 cm³/mol. The lowest BCUT2D eigenvalue weighted by Crippen LogP contribution is -2.28. The van der Waals surface area contributed by atoms with Crippen LogP contribution in [0.3, 0.4) is 0 Å². The molecule has 0 bridgehead atoms. The minimum atomic E-state index is -0.738. The van der Waals surface area contributed by atoms with Gasteiger partial charge in [-0.2, -0.15) is 0 Å². The molecule has 0 amide bonds. The van der Waals surface area contributed by atoms with Crippen LogP contribution in [-0.2, 0) is 4.74 Å². The first kappa shape index (κ1) is 17.6. The van der Waals surface area contributed by atoms with Crippen molar-refractivity contribution in [3.8, 4) is 0 Å². The molecule has 0 aromatic heterocycles. The summed E-state index contributed by atoms with van der Waals surface area (Å²) < 4.78 is 17.7. The number of hydrogen-bond acceptors (Lipinski definition) is 5. The van der Waals surface area contributed by atoms with E-state index in [0.717, 1.165) is 17.6 Å². The minimum absolute atomic E-state index is 0.0664. The molecule has 0 radical (unpaired) electrons. The number of nitrogens with zero attached hydrogens (tertiary/aromatic N) is 2. The van der Waals surface area contributed by atoms with E-state index < -0.39 is 10.9 Å². The molecule has 26 heavy (non-hydrogen) atoms. The van der Waals surface area contributed by atoms with E-state index >= 15 is 0 Å². The third kappa shape index (κ3) is 3.56. The van der Waals surface area contributed by atoms with E-state index in [-0.39, 0.29) is 17.1 Å². The van der Waals surface area contributed by atoms with Crippen molar-refractivity contribution in [3.05, 3.63) is 75.6 Å². The van der Waals surface area contributed by atoms with Crippen molar-refractivity contribution in [2.24, 2.45) is 0 Å². The lowest BCUT2D eigenvalue weighted by Gasteiger charge is -2.28. The third-order valence-corrected chi connectivity index (χ3v) is 4.37. The van der Waals surface area contributed by atoms with Crippen molar-refractivity contribution in [3.63, 3.8) is 0 Å². The third-order valence-electron chi connectivity index (χ3n) is 4.37. The Labute approximate surface area is 149 Å². The number of anilines is 1. The number of methoxy groups -OCH3 is 1. The van der Waals surface area contributed by atoms with Crippen molar-refractivity contribution in [2.75, 3.05) is 25.1 Å². The van der Waals surface area contributed by atoms with Gasteiger partial charge in [0.25, 0.3) is 5.69 Å². The highest BCUT2D eigenvalue weighted by Crippen LogP contribution is 2.29. The van der Waals surface area contributed by atoms with Crippen LogP contribution in [0.15, 0.2) is 48.5 Å². The summed E-state index contributed by atoms with van der Waals surface area (Å²) in [5.41, 5.74) is 2.47. The second kappa shape index (κ2) is 7.35. The van der Waals surface area contributed by atoms with E-state index in [9.17, 15) is 19.3 Å². The first-order valence-corrected chi connectivity index (χ1v) is 8.06. The first-order chi connectivity index (χ1) is 12.5. The molecule has 134 valence electrons. The fraction of sp³-hybridized carbons (Fsp3) is 0.211. The van der Waals surface area contributed by atoms with Crippen molar-refractivity contribution in [1.82, 2.24) is 0 Å². The SMILES string of the molecule is COC(=O)c1cc(N2CC=C(c3ccc(F)cc3)CC2)ccc1[N+](=O)[O-]. The molecule has 2 aromatic carbocycles. The molecule has 2 aromatic rings. The molecule has 0 unspecified atom stereocenters. The highest BCUT2D eigenvalue weighted by Gasteiger charge is 2.23. The van der Waals surface area contributed by atoms with Crippen molar-refractivity contribution < 1.29 is 18.8 Å². The molecule has 0 saturated carbocycles. The molecular weight excluding hydrogens is 339 g/mol. The van der Waals surface area contributed by atoms with Crippen LogP contribution in [-0.4, -0.2) is 31.1 Å². The summed E-state index contributed by atoms with van der Waals surface area (Å²) >= 11 is 0. The monoisotopic (exact) mass is 356 g/mol. The molecule has 0 spiro atoms. The zero-order valence-electron chi connectivity index (χ0n) is 14.1. The number of hydrogen-bond donors (Lipinski definition) is 0. The first-order valence-electron chi connectivity index (χ1n) is 8.06. The standard InChI is InChI=1S/C19H17FN2O4/c1-26-19(23)17-12-16(6-7-18(17)22(24)25)21-10-8-14(9-11-21)13-2-4-15(20)5-3-13/h2-8,12H,9-11H2,1H3. The molecule has 0 N–H and O–H groups in total. The summed E-state index contributed by atoms with van der Waals surface area (Å²) in [6.45, 7) is 1.27. The van der Waals surface area contributed by atoms with Crippen LogP contribution in [0.2, 0.25) is 0 Å². The maximum Gasteiger partial charge on any atom is 0.344 e. The van der Waals surface area contributed by atoms with Gasteiger partial charge in [-0.1, -0.05) is 18.2 Å². The molecule has 0 atom stereocenters.